The summed E-state index contributed by atoms with van der Waals surface area (Å²) in [7, 11) is 0. The minimum atomic E-state index is 0.506. The van der Waals surface area contributed by atoms with Crippen LogP contribution in [0.5, 0.6) is 0 Å². The highest BCUT2D eigenvalue weighted by molar-refractivity contribution is 5.81. The lowest BCUT2D eigenvalue weighted by atomic mass is 9.99. The van der Waals surface area contributed by atoms with Gasteiger partial charge in [-0.25, -0.2) is 0 Å². The van der Waals surface area contributed by atoms with Crippen LogP contribution in [0.4, 0.5) is 5.69 Å². The fourth-order valence-electron chi connectivity index (χ4n) is 1.69. The first-order chi connectivity index (χ1) is 5.83. The summed E-state index contributed by atoms with van der Waals surface area (Å²) in [6, 6.07) is 6.46. The van der Waals surface area contributed by atoms with Crippen LogP contribution in [0.1, 0.15) is 30.9 Å². The molecule has 0 amide bonds. The highest BCUT2D eigenvalue weighted by Gasteiger charge is 2.15. The summed E-state index contributed by atoms with van der Waals surface area (Å²) in [5.41, 5.74) is 3.97. The van der Waals surface area contributed by atoms with Crippen LogP contribution >= 0.6 is 0 Å². The van der Waals surface area contributed by atoms with E-state index >= 15 is 0 Å². The number of rotatable bonds is 1. The molecule has 0 saturated carbocycles. The number of hydrogen-bond acceptors (Lipinski definition) is 1. The van der Waals surface area contributed by atoms with Crippen LogP contribution in [0, 0.1) is 0 Å². The lowest BCUT2D eigenvalue weighted by Crippen LogP contribution is -1.89. The SMILES string of the molecule is CCc1cccc2c1N=CC2C. The Labute approximate surface area is 73.1 Å². The fraction of sp³-hybridized carbons (Fsp3) is 0.364. The molecule has 1 unspecified atom stereocenters. The summed E-state index contributed by atoms with van der Waals surface area (Å²) in [6.07, 6.45) is 3.11. The predicted octanol–water partition coefficient (Wildman–Crippen LogP) is 3.07. The van der Waals surface area contributed by atoms with Gasteiger partial charge in [0.15, 0.2) is 0 Å². The molecule has 12 heavy (non-hydrogen) atoms. The molecular weight excluding hydrogens is 146 g/mol. The van der Waals surface area contributed by atoms with E-state index in [0.717, 1.165) is 6.42 Å². The van der Waals surface area contributed by atoms with Gasteiger partial charge >= 0.3 is 0 Å². The molecule has 62 valence electrons. The maximum atomic E-state index is 4.43. The number of nitrogens with zero attached hydrogens (tertiary/aromatic N) is 1. The summed E-state index contributed by atoms with van der Waals surface area (Å²) < 4.78 is 0. The number of hydrogen-bond donors (Lipinski definition) is 0. The topological polar surface area (TPSA) is 12.4 Å². The van der Waals surface area contributed by atoms with Gasteiger partial charge < -0.3 is 0 Å². The van der Waals surface area contributed by atoms with Crippen LogP contribution in [-0.2, 0) is 6.42 Å². The Morgan fingerprint density at radius 1 is 1.42 bits per heavy atom. The molecule has 0 N–H and O–H groups in total. The Kier molecular flexibility index (Phi) is 1.72. The van der Waals surface area contributed by atoms with E-state index in [-0.39, 0.29) is 0 Å². The van der Waals surface area contributed by atoms with Crippen molar-refractivity contribution in [1.29, 1.82) is 0 Å². The van der Waals surface area contributed by atoms with Gasteiger partial charge in [0.2, 0.25) is 0 Å². The molecule has 1 nitrogen and oxygen atoms in total. The van der Waals surface area contributed by atoms with Gasteiger partial charge in [0.25, 0.3) is 0 Å². The van der Waals surface area contributed by atoms with Crippen molar-refractivity contribution in [2.24, 2.45) is 4.99 Å². The van der Waals surface area contributed by atoms with E-state index in [1.807, 2.05) is 6.21 Å². The average molecular weight is 159 g/mol. The van der Waals surface area contributed by atoms with E-state index in [0.29, 0.717) is 5.92 Å². The molecular formula is C11H13N. The van der Waals surface area contributed by atoms with Crippen LogP contribution in [-0.4, -0.2) is 6.21 Å². The second-order valence-electron chi connectivity index (χ2n) is 3.28. The zero-order valence-electron chi connectivity index (χ0n) is 7.54. The van der Waals surface area contributed by atoms with Gasteiger partial charge in [0, 0.05) is 12.1 Å². The van der Waals surface area contributed by atoms with Gasteiger partial charge in [-0.2, -0.15) is 0 Å². The van der Waals surface area contributed by atoms with Gasteiger partial charge in [-0.15, -0.1) is 0 Å². The van der Waals surface area contributed by atoms with Gasteiger partial charge in [-0.05, 0) is 17.5 Å². The van der Waals surface area contributed by atoms with Crippen molar-refractivity contribution in [2.45, 2.75) is 26.2 Å². The Morgan fingerprint density at radius 3 is 3.00 bits per heavy atom. The molecule has 1 heteroatoms. The zero-order valence-corrected chi connectivity index (χ0v) is 7.54. The third-order valence-corrected chi connectivity index (χ3v) is 2.45. The molecule has 0 radical (unpaired) electrons. The third-order valence-electron chi connectivity index (χ3n) is 2.45. The standard InChI is InChI=1S/C11H13N/c1-3-9-5-4-6-10-8(2)7-12-11(9)10/h4-8H,3H2,1-2H3. The van der Waals surface area contributed by atoms with Crippen molar-refractivity contribution in [3.63, 3.8) is 0 Å². The van der Waals surface area contributed by atoms with Crippen LogP contribution in [0.25, 0.3) is 0 Å². The Hall–Kier alpha value is -1.11. The van der Waals surface area contributed by atoms with E-state index < -0.39 is 0 Å². The molecule has 1 aromatic carbocycles. The van der Waals surface area contributed by atoms with Crippen molar-refractivity contribution in [1.82, 2.24) is 0 Å². The summed E-state index contributed by atoms with van der Waals surface area (Å²) in [5.74, 6) is 0.506. The normalized spacial score (nSPS) is 19.7. The Bertz CT molecular complexity index is 326. The second-order valence-corrected chi connectivity index (χ2v) is 3.28. The molecule has 0 saturated heterocycles. The summed E-state index contributed by atoms with van der Waals surface area (Å²) in [6.45, 7) is 4.36. The molecule has 1 aromatic rings. The minimum absolute atomic E-state index is 0.506. The number of aryl methyl sites for hydroxylation is 1. The molecule has 1 aliphatic heterocycles. The molecule has 0 bridgehead atoms. The number of para-hydroxylation sites is 1. The molecule has 1 heterocycles. The molecule has 2 rings (SSSR count). The lowest BCUT2D eigenvalue weighted by molar-refractivity contribution is 1.06. The molecule has 1 atom stereocenters. The minimum Gasteiger partial charge on any atom is -0.260 e. The van der Waals surface area contributed by atoms with Crippen molar-refractivity contribution >= 4 is 11.9 Å². The molecule has 0 fully saturated rings. The largest absolute Gasteiger partial charge is 0.260 e. The van der Waals surface area contributed by atoms with E-state index in [9.17, 15) is 0 Å². The quantitative estimate of drug-likeness (QED) is 0.597. The maximum absolute atomic E-state index is 4.43. The summed E-state index contributed by atoms with van der Waals surface area (Å²) >= 11 is 0. The molecule has 0 aromatic heterocycles. The van der Waals surface area contributed by atoms with Gasteiger partial charge in [-0.3, -0.25) is 4.99 Å². The van der Waals surface area contributed by atoms with Crippen molar-refractivity contribution in [3.05, 3.63) is 29.3 Å². The molecule has 1 aliphatic rings. The zero-order chi connectivity index (χ0) is 8.55. The van der Waals surface area contributed by atoms with Crippen LogP contribution in [0.15, 0.2) is 23.2 Å². The number of aliphatic imine (C=N–C) groups is 1. The van der Waals surface area contributed by atoms with E-state index in [1.165, 1.54) is 16.8 Å². The predicted molar refractivity (Wildman–Crippen MR) is 52.4 cm³/mol. The Morgan fingerprint density at radius 2 is 2.25 bits per heavy atom. The molecule has 0 aliphatic carbocycles. The van der Waals surface area contributed by atoms with Crippen molar-refractivity contribution < 1.29 is 0 Å². The van der Waals surface area contributed by atoms with Gasteiger partial charge in [0.05, 0.1) is 5.69 Å². The first-order valence-electron chi connectivity index (χ1n) is 4.49. The lowest BCUT2D eigenvalue weighted by Gasteiger charge is -2.05. The first kappa shape index (κ1) is 7.53. The maximum Gasteiger partial charge on any atom is 0.0696 e. The van der Waals surface area contributed by atoms with Crippen LogP contribution < -0.4 is 0 Å². The first-order valence-corrected chi connectivity index (χ1v) is 4.49. The Balaban J connectivity index is 2.57. The van der Waals surface area contributed by atoms with Gasteiger partial charge in [-0.1, -0.05) is 32.0 Å². The van der Waals surface area contributed by atoms with Crippen LogP contribution in [0.3, 0.4) is 0 Å². The monoisotopic (exact) mass is 159 g/mol. The summed E-state index contributed by atoms with van der Waals surface area (Å²) in [5, 5.41) is 0. The summed E-state index contributed by atoms with van der Waals surface area (Å²) in [4.78, 5) is 4.43. The van der Waals surface area contributed by atoms with E-state index in [4.69, 9.17) is 0 Å². The van der Waals surface area contributed by atoms with E-state index in [1.54, 1.807) is 0 Å². The third kappa shape index (κ3) is 0.970. The number of fused-ring (bicyclic) bond motifs is 1. The fourth-order valence-corrected chi connectivity index (χ4v) is 1.69. The van der Waals surface area contributed by atoms with Crippen LogP contribution in [0.2, 0.25) is 0 Å². The van der Waals surface area contributed by atoms with E-state index in [2.05, 4.69) is 37.0 Å². The highest BCUT2D eigenvalue weighted by Crippen LogP contribution is 2.34. The smallest absolute Gasteiger partial charge is 0.0696 e. The average Bonchev–Trinajstić information content (AvgIpc) is 2.48. The van der Waals surface area contributed by atoms with Gasteiger partial charge in [0.1, 0.15) is 0 Å². The van der Waals surface area contributed by atoms with Crippen molar-refractivity contribution in [2.75, 3.05) is 0 Å². The highest BCUT2D eigenvalue weighted by atomic mass is 14.8. The van der Waals surface area contributed by atoms with Crippen molar-refractivity contribution in [3.8, 4) is 0 Å². The second kappa shape index (κ2) is 2.74. The molecule has 0 spiro atoms. The number of benzene rings is 1.